The molecule has 1 unspecified atom stereocenters. The maximum atomic E-state index is 12.2. The molecule has 0 radical (unpaired) electrons. The minimum Gasteiger partial charge on any atom is -0.289 e. The van der Waals surface area contributed by atoms with E-state index in [1.807, 2.05) is 5.38 Å². The molecule has 1 heterocycles. The first kappa shape index (κ1) is 14.7. The van der Waals surface area contributed by atoms with Crippen molar-refractivity contribution >= 4 is 34.6 Å². The second-order valence-electron chi connectivity index (χ2n) is 4.24. The van der Waals surface area contributed by atoms with Crippen molar-refractivity contribution in [1.29, 1.82) is 0 Å². The van der Waals surface area contributed by atoms with Crippen molar-refractivity contribution in [1.82, 2.24) is 5.48 Å². The van der Waals surface area contributed by atoms with E-state index in [9.17, 15) is 9.59 Å². The third-order valence-electron chi connectivity index (χ3n) is 2.99. The molecule has 0 fully saturated rings. The average molecular weight is 310 g/mol. The number of carbonyl (C=O) groups is 2. The summed E-state index contributed by atoms with van der Waals surface area (Å²) in [5.41, 5.74) is 2.62. The highest BCUT2D eigenvalue weighted by molar-refractivity contribution is 7.12. The molecule has 0 aliphatic carbocycles. The van der Waals surface area contributed by atoms with Gasteiger partial charge in [-0.3, -0.25) is 14.8 Å². The van der Waals surface area contributed by atoms with Gasteiger partial charge in [0.05, 0.1) is 15.8 Å². The Morgan fingerprint density at radius 2 is 2.10 bits per heavy atom. The highest BCUT2D eigenvalue weighted by Gasteiger charge is 2.18. The van der Waals surface area contributed by atoms with Crippen molar-refractivity contribution < 1.29 is 14.8 Å². The zero-order chi connectivity index (χ0) is 14.7. The van der Waals surface area contributed by atoms with Gasteiger partial charge < -0.3 is 0 Å². The zero-order valence-corrected chi connectivity index (χ0v) is 12.2. The standard InChI is InChI=1S/C14H12ClNO3S/c1-8(14(18)16-19)9-4-5-10(11(15)7-9)13(17)12-3-2-6-20-12/h2-8,19H,1H3,(H,16,18). The first-order chi connectivity index (χ1) is 9.54. The first-order valence-electron chi connectivity index (χ1n) is 5.86. The largest absolute Gasteiger partial charge is 0.289 e. The third kappa shape index (κ3) is 2.90. The molecule has 2 N–H and O–H groups in total. The van der Waals surface area contributed by atoms with Crippen molar-refractivity contribution in [2.45, 2.75) is 12.8 Å². The molecule has 0 saturated heterocycles. The van der Waals surface area contributed by atoms with Crippen LogP contribution in [-0.4, -0.2) is 16.9 Å². The number of benzene rings is 1. The van der Waals surface area contributed by atoms with Gasteiger partial charge in [0.2, 0.25) is 5.78 Å². The topological polar surface area (TPSA) is 66.4 Å². The van der Waals surface area contributed by atoms with E-state index in [-0.39, 0.29) is 5.78 Å². The molecule has 0 aliphatic rings. The molecule has 2 rings (SSSR count). The van der Waals surface area contributed by atoms with Crippen LogP contribution in [0, 0.1) is 0 Å². The number of halogens is 1. The number of hydrogen-bond donors (Lipinski definition) is 2. The number of ketones is 1. The zero-order valence-electron chi connectivity index (χ0n) is 10.6. The Labute approximate surface area is 125 Å². The monoisotopic (exact) mass is 309 g/mol. The Kier molecular flexibility index (Phi) is 4.54. The average Bonchev–Trinajstić information content (AvgIpc) is 2.99. The number of thiophene rings is 1. The lowest BCUT2D eigenvalue weighted by Crippen LogP contribution is -2.24. The van der Waals surface area contributed by atoms with Crippen LogP contribution in [0.1, 0.15) is 33.6 Å². The summed E-state index contributed by atoms with van der Waals surface area (Å²) in [7, 11) is 0. The van der Waals surface area contributed by atoms with E-state index in [1.165, 1.54) is 11.3 Å². The van der Waals surface area contributed by atoms with Crippen LogP contribution in [0.3, 0.4) is 0 Å². The predicted octanol–water partition coefficient (Wildman–Crippen LogP) is 3.24. The van der Waals surface area contributed by atoms with Crippen molar-refractivity contribution in [2.24, 2.45) is 0 Å². The van der Waals surface area contributed by atoms with E-state index < -0.39 is 11.8 Å². The lowest BCUT2D eigenvalue weighted by atomic mass is 9.98. The van der Waals surface area contributed by atoms with Gasteiger partial charge in [-0.15, -0.1) is 11.3 Å². The first-order valence-corrected chi connectivity index (χ1v) is 7.12. The van der Waals surface area contributed by atoms with Crippen molar-refractivity contribution in [3.05, 3.63) is 56.7 Å². The van der Waals surface area contributed by atoms with Crippen LogP contribution in [0.2, 0.25) is 5.02 Å². The van der Waals surface area contributed by atoms with E-state index in [2.05, 4.69) is 0 Å². The van der Waals surface area contributed by atoms with Gasteiger partial charge in [0.1, 0.15) is 0 Å². The van der Waals surface area contributed by atoms with Crippen LogP contribution in [0.4, 0.5) is 0 Å². The van der Waals surface area contributed by atoms with Gasteiger partial charge in [-0.25, -0.2) is 5.48 Å². The van der Waals surface area contributed by atoms with Crippen molar-refractivity contribution in [2.75, 3.05) is 0 Å². The molecule has 1 aromatic heterocycles. The summed E-state index contributed by atoms with van der Waals surface area (Å²) >= 11 is 7.47. The highest BCUT2D eigenvalue weighted by Crippen LogP contribution is 2.26. The van der Waals surface area contributed by atoms with Crippen LogP contribution in [0.15, 0.2) is 35.7 Å². The SMILES string of the molecule is CC(C(=O)NO)c1ccc(C(=O)c2cccs2)c(Cl)c1. The molecule has 4 nitrogen and oxygen atoms in total. The van der Waals surface area contributed by atoms with E-state index >= 15 is 0 Å². The minimum atomic E-state index is -0.552. The van der Waals surface area contributed by atoms with E-state index in [0.29, 0.717) is 21.0 Å². The summed E-state index contributed by atoms with van der Waals surface area (Å²) in [6.07, 6.45) is 0. The Bertz CT molecular complexity index is 640. The van der Waals surface area contributed by atoms with E-state index in [4.69, 9.17) is 16.8 Å². The molecular weight excluding hydrogens is 298 g/mol. The highest BCUT2D eigenvalue weighted by atomic mass is 35.5. The maximum Gasteiger partial charge on any atom is 0.250 e. The second kappa shape index (κ2) is 6.17. The molecule has 0 spiro atoms. The third-order valence-corrected chi connectivity index (χ3v) is 4.17. The molecule has 0 saturated carbocycles. The number of hydrogen-bond acceptors (Lipinski definition) is 4. The van der Waals surface area contributed by atoms with Gasteiger partial charge in [0.15, 0.2) is 0 Å². The molecule has 0 aliphatic heterocycles. The number of rotatable bonds is 4. The van der Waals surface area contributed by atoms with Gasteiger partial charge in [-0.2, -0.15) is 0 Å². The van der Waals surface area contributed by atoms with E-state index in [1.54, 1.807) is 42.7 Å². The predicted molar refractivity (Wildman–Crippen MR) is 77.5 cm³/mol. The Hall–Kier alpha value is -1.69. The van der Waals surface area contributed by atoms with E-state index in [0.717, 1.165) is 0 Å². The van der Waals surface area contributed by atoms with Crippen LogP contribution in [0.5, 0.6) is 0 Å². The fourth-order valence-corrected chi connectivity index (χ4v) is 2.73. The van der Waals surface area contributed by atoms with Crippen LogP contribution in [-0.2, 0) is 4.79 Å². The van der Waals surface area contributed by atoms with Crippen LogP contribution >= 0.6 is 22.9 Å². The Morgan fingerprint density at radius 1 is 1.35 bits per heavy atom. The van der Waals surface area contributed by atoms with Gasteiger partial charge in [0, 0.05) is 5.56 Å². The molecule has 6 heteroatoms. The number of hydroxylamine groups is 1. The molecule has 0 bridgehead atoms. The summed E-state index contributed by atoms with van der Waals surface area (Å²) in [5, 5.41) is 10.7. The maximum absolute atomic E-state index is 12.2. The van der Waals surface area contributed by atoms with Crippen LogP contribution < -0.4 is 5.48 Å². The van der Waals surface area contributed by atoms with Gasteiger partial charge in [-0.05, 0) is 36.1 Å². The van der Waals surface area contributed by atoms with Crippen molar-refractivity contribution in [3.8, 4) is 0 Å². The van der Waals surface area contributed by atoms with Crippen molar-refractivity contribution in [3.63, 3.8) is 0 Å². The number of amides is 1. The van der Waals surface area contributed by atoms with Gasteiger partial charge >= 0.3 is 0 Å². The van der Waals surface area contributed by atoms with Crippen LogP contribution in [0.25, 0.3) is 0 Å². The summed E-state index contributed by atoms with van der Waals surface area (Å²) in [6, 6.07) is 8.36. The lowest BCUT2D eigenvalue weighted by molar-refractivity contribution is -0.130. The number of nitrogens with one attached hydrogen (secondary N) is 1. The molecule has 20 heavy (non-hydrogen) atoms. The lowest BCUT2D eigenvalue weighted by Gasteiger charge is -2.11. The summed E-state index contributed by atoms with van der Waals surface area (Å²) < 4.78 is 0. The summed E-state index contributed by atoms with van der Waals surface area (Å²) in [6.45, 7) is 1.64. The minimum absolute atomic E-state index is 0.143. The second-order valence-corrected chi connectivity index (χ2v) is 5.60. The summed E-state index contributed by atoms with van der Waals surface area (Å²) in [4.78, 5) is 24.2. The quantitative estimate of drug-likeness (QED) is 0.517. The molecule has 1 amide bonds. The fraction of sp³-hybridized carbons (Fsp3) is 0.143. The molecular formula is C14H12ClNO3S. The molecule has 1 aromatic carbocycles. The molecule has 1 atom stereocenters. The summed E-state index contributed by atoms with van der Waals surface area (Å²) in [5.74, 6) is -1.22. The Balaban J connectivity index is 2.31. The van der Waals surface area contributed by atoms with Gasteiger partial charge in [-0.1, -0.05) is 23.7 Å². The smallest absolute Gasteiger partial charge is 0.250 e. The molecule has 2 aromatic rings. The van der Waals surface area contributed by atoms with Gasteiger partial charge in [0.25, 0.3) is 5.91 Å². The number of carbonyl (C=O) groups excluding carboxylic acids is 2. The fourth-order valence-electron chi connectivity index (χ4n) is 1.77. The molecule has 104 valence electrons. The Morgan fingerprint density at radius 3 is 2.65 bits per heavy atom. The normalized spacial score (nSPS) is 11.9.